The van der Waals surface area contributed by atoms with Crippen LogP contribution in [0.25, 0.3) is 0 Å². The van der Waals surface area contributed by atoms with E-state index >= 15 is 0 Å². The van der Waals surface area contributed by atoms with E-state index in [0.717, 1.165) is 44.9 Å². The molecule has 0 bridgehead atoms. The Balaban J connectivity index is 4.13. The molecule has 0 aromatic carbocycles. The number of hydrogen-bond acceptors (Lipinski definition) is 5. The molecular formula is C62H120N2O6P+. The van der Waals surface area contributed by atoms with Crippen molar-refractivity contribution in [1.82, 2.24) is 5.32 Å². The number of nitrogens with one attached hydrogen (secondary N) is 1. The van der Waals surface area contributed by atoms with E-state index in [-0.39, 0.29) is 19.1 Å². The van der Waals surface area contributed by atoms with Crippen molar-refractivity contribution in [3.8, 4) is 0 Å². The van der Waals surface area contributed by atoms with Crippen LogP contribution < -0.4 is 5.32 Å². The lowest BCUT2D eigenvalue weighted by Gasteiger charge is -2.25. The summed E-state index contributed by atoms with van der Waals surface area (Å²) in [5, 5.41) is 13.9. The molecule has 0 spiro atoms. The minimum atomic E-state index is -4.36. The molecule has 0 aliphatic carbocycles. The first-order valence-electron chi connectivity index (χ1n) is 30.5. The van der Waals surface area contributed by atoms with Gasteiger partial charge in [0.05, 0.1) is 39.9 Å². The summed E-state index contributed by atoms with van der Waals surface area (Å²) in [6.07, 6.45) is 70.9. The number of aliphatic hydroxyl groups excluding tert-OH is 1. The molecule has 3 N–H and O–H groups in total. The highest BCUT2D eigenvalue weighted by Gasteiger charge is 2.27. The lowest BCUT2D eigenvalue weighted by atomic mass is 10.0. The van der Waals surface area contributed by atoms with Gasteiger partial charge < -0.3 is 19.8 Å². The quantitative estimate of drug-likeness (QED) is 0.0243. The third-order valence-electron chi connectivity index (χ3n) is 13.8. The topological polar surface area (TPSA) is 105 Å². The summed E-state index contributed by atoms with van der Waals surface area (Å²) in [7, 11) is 1.56. The number of phosphoric ester groups is 1. The minimum absolute atomic E-state index is 0.0562. The first-order valence-corrected chi connectivity index (χ1v) is 32.0. The molecule has 0 fully saturated rings. The largest absolute Gasteiger partial charge is 0.472 e. The second-order valence-corrected chi connectivity index (χ2v) is 23.5. The van der Waals surface area contributed by atoms with Gasteiger partial charge >= 0.3 is 7.82 Å². The Bertz CT molecular complexity index is 1290. The van der Waals surface area contributed by atoms with Crippen molar-refractivity contribution >= 4 is 13.7 Å². The van der Waals surface area contributed by atoms with Gasteiger partial charge in [0, 0.05) is 6.42 Å². The molecule has 0 saturated carbocycles. The lowest BCUT2D eigenvalue weighted by molar-refractivity contribution is -0.870. The van der Waals surface area contributed by atoms with Crippen LogP contribution in [0.15, 0.2) is 48.6 Å². The zero-order chi connectivity index (χ0) is 52.0. The average Bonchev–Trinajstić information content (AvgIpc) is 3.33. The highest BCUT2D eigenvalue weighted by Crippen LogP contribution is 2.43. The van der Waals surface area contributed by atoms with Gasteiger partial charge in [-0.15, -0.1) is 0 Å². The zero-order valence-corrected chi connectivity index (χ0v) is 48.6. The van der Waals surface area contributed by atoms with Crippen LogP contribution in [0.3, 0.4) is 0 Å². The standard InChI is InChI=1S/C62H119N2O6P/c1-6-8-10-12-14-16-18-20-22-24-26-27-28-29-30-31-32-33-34-35-36-37-38-40-42-44-46-48-50-52-54-56-62(66)63-60(59-70-71(67,68)69-58-57-64(3,4)5)61(65)55-53-51-49-47-45-43-41-39-25-23-21-19-17-15-13-11-9-7-2/h26-27,29-30,45,47,53,55,60-61,65H,6-25,28,31-44,46,48-52,54,56-59H2,1-5H3,(H-,63,66,67,68)/p+1/b27-26-,30-29-,47-45+,55-53+. The lowest BCUT2D eigenvalue weighted by Crippen LogP contribution is -2.45. The number of hydrogen-bond donors (Lipinski definition) is 3. The van der Waals surface area contributed by atoms with E-state index in [1.54, 1.807) is 6.08 Å². The Morgan fingerprint density at radius 2 is 0.817 bits per heavy atom. The third-order valence-corrected chi connectivity index (χ3v) is 14.8. The number of amides is 1. The first kappa shape index (κ1) is 69.5. The fourth-order valence-corrected chi connectivity index (χ4v) is 9.71. The maximum absolute atomic E-state index is 13.0. The molecule has 3 atom stereocenters. The van der Waals surface area contributed by atoms with E-state index < -0.39 is 20.0 Å². The fourth-order valence-electron chi connectivity index (χ4n) is 8.97. The SMILES string of the molecule is CCCCCCCCCCC/C=C\C/C=C\CCCCCCCCCCCCCCCCCC(=O)NC(COP(=O)(O)OCC[N+](C)(C)C)C(O)/C=C/CC/C=C/CCCCCCCCCCCCCC. The Kier molecular flexibility index (Phi) is 52.1. The highest BCUT2D eigenvalue weighted by atomic mass is 31.2. The Morgan fingerprint density at radius 3 is 1.21 bits per heavy atom. The van der Waals surface area contributed by atoms with Crippen molar-refractivity contribution in [2.45, 2.75) is 302 Å². The third kappa shape index (κ3) is 56.0. The van der Waals surface area contributed by atoms with Crippen LogP contribution >= 0.6 is 7.82 Å². The molecule has 0 aromatic heterocycles. The number of likely N-dealkylation sites (N-methyl/N-ethyl adjacent to an activating group) is 1. The van der Waals surface area contributed by atoms with E-state index in [9.17, 15) is 19.4 Å². The number of phosphoric acid groups is 1. The molecule has 9 heteroatoms. The predicted molar refractivity (Wildman–Crippen MR) is 309 cm³/mol. The molecule has 0 heterocycles. The number of quaternary nitrogens is 1. The van der Waals surface area contributed by atoms with Crippen LogP contribution in [-0.2, 0) is 18.4 Å². The van der Waals surface area contributed by atoms with Crippen molar-refractivity contribution in [2.24, 2.45) is 0 Å². The van der Waals surface area contributed by atoms with Crippen LogP contribution in [-0.4, -0.2) is 73.4 Å². The van der Waals surface area contributed by atoms with Crippen molar-refractivity contribution < 1.29 is 32.9 Å². The number of allylic oxidation sites excluding steroid dienone is 7. The number of rotatable bonds is 56. The monoisotopic (exact) mass is 1020 g/mol. The van der Waals surface area contributed by atoms with Crippen LogP contribution in [0.1, 0.15) is 290 Å². The van der Waals surface area contributed by atoms with Gasteiger partial charge in [-0.1, -0.05) is 268 Å². The summed E-state index contributed by atoms with van der Waals surface area (Å²) >= 11 is 0. The zero-order valence-electron chi connectivity index (χ0n) is 47.7. The molecule has 0 aromatic rings. The normalized spacial score (nSPS) is 14.2. The second kappa shape index (κ2) is 53.3. The first-order chi connectivity index (χ1) is 34.5. The molecule has 0 aliphatic rings. The molecule has 0 aliphatic heterocycles. The van der Waals surface area contributed by atoms with Gasteiger partial charge in [-0.05, 0) is 64.2 Å². The molecule has 3 unspecified atom stereocenters. The van der Waals surface area contributed by atoms with Gasteiger partial charge in [0.2, 0.25) is 5.91 Å². The van der Waals surface area contributed by atoms with Crippen molar-refractivity contribution in [3.05, 3.63) is 48.6 Å². The summed E-state index contributed by atoms with van der Waals surface area (Å²) in [5.74, 6) is -0.184. The number of carbonyl (C=O) groups excluding carboxylic acids is 1. The summed E-state index contributed by atoms with van der Waals surface area (Å²) in [6.45, 7) is 4.82. The van der Waals surface area contributed by atoms with Gasteiger partial charge in [0.25, 0.3) is 0 Å². The van der Waals surface area contributed by atoms with Crippen molar-refractivity contribution in [1.29, 1.82) is 0 Å². The Morgan fingerprint density at radius 1 is 0.479 bits per heavy atom. The molecule has 0 radical (unpaired) electrons. The van der Waals surface area contributed by atoms with Gasteiger partial charge in [-0.3, -0.25) is 13.8 Å². The molecule has 0 rings (SSSR count). The summed E-state index contributed by atoms with van der Waals surface area (Å²) in [4.78, 5) is 23.3. The van der Waals surface area contributed by atoms with Gasteiger partial charge in [-0.2, -0.15) is 0 Å². The second-order valence-electron chi connectivity index (χ2n) is 22.1. The summed E-state index contributed by atoms with van der Waals surface area (Å²) in [5.41, 5.74) is 0. The smallest absolute Gasteiger partial charge is 0.387 e. The minimum Gasteiger partial charge on any atom is -0.387 e. The molecule has 8 nitrogen and oxygen atoms in total. The van der Waals surface area contributed by atoms with Gasteiger partial charge in [-0.25, -0.2) is 4.57 Å². The number of nitrogens with zero attached hydrogens (tertiary/aromatic N) is 1. The number of unbranched alkanes of at least 4 members (excludes halogenated alkanes) is 37. The maximum atomic E-state index is 13.0. The van der Waals surface area contributed by atoms with Crippen molar-refractivity contribution in [2.75, 3.05) is 40.9 Å². The van der Waals surface area contributed by atoms with Crippen LogP contribution in [0.5, 0.6) is 0 Å². The van der Waals surface area contributed by atoms with E-state index in [2.05, 4.69) is 55.6 Å². The Hall–Kier alpha value is -1.54. The maximum Gasteiger partial charge on any atom is 0.472 e. The molecule has 0 saturated heterocycles. The molecule has 1 amide bonds. The van der Waals surface area contributed by atoms with Gasteiger partial charge in [0.1, 0.15) is 13.2 Å². The molecular weight excluding hydrogens is 900 g/mol. The summed E-state index contributed by atoms with van der Waals surface area (Å²) in [6, 6.07) is -0.864. The fraction of sp³-hybridized carbons (Fsp3) is 0.855. The van der Waals surface area contributed by atoms with Crippen molar-refractivity contribution in [3.63, 3.8) is 0 Å². The van der Waals surface area contributed by atoms with E-state index in [1.807, 2.05) is 27.2 Å². The van der Waals surface area contributed by atoms with Crippen LogP contribution in [0.2, 0.25) is 0 Å². The van der Waals surface area contributed by atoms with Gasteiger partial charge in [0.15, 0.2) is 0 Å². The van der Waals surface area contributed by atoms with Crippen LogP contribution in [0, 0.1) is 0 Å². The predicted octanol–water partition coefficient (Wildman–Crippen LogP) is 18.7. The van der Waals surface area contributed by atoms with Crippen LogP contribution in [0.4, 0.5) is 0 Å². The number of aliphatic hydroxyl groups is 1. The van der Waals surface area contributed by atoms with E-state index in [1.165, 1.54) is 225 Å². The average molecular weight is 1020 g/mol. The van der Waals surface area contributed by atoms with E-state index in [0.29, 0.717) is 17.4 Å². The number of carbonyl (C=O) groups is 1. The highest BCUT2D eigenvalue weighted by molar-refractivity contribution is 7.47. The Labute approximate surface area is 441 Å². The molecule has 71 heavy (non-hydrogen) atoms. The molecule has 418 valence electrons. The summed E-state index contributed by atoms with van der Waals surface area (Å²) < 4.78 is 23.7. The van der Waals surface area contributed by atoms with E-state index in [4.69, 9.17) is 9.05 Å².